The fraction of sp³-hybridized carbons (Fsp3) is 0.818. The molecule has 0 bridgehead atoms. The van der Waals surface area contributed by atoms with Gasteiger partial charge >= 0.3 is 0 Å². The first-order chi connectivity index (χ1) is 6.38. The molecule has 0 spiro atoms. The molecule has 2 atom stereocenters. The summed E-state index contributed by atoms with van der Waals surface area (Å²) in [6.07, 6.45) is 1.87. The first kappa shape index (κ1) is 11.5. The smallest absolute Gasteiger partial charge is 0.0615 e. The highest BCUT2D eigenvalue weighted by Gasteiger charge is 2.37. The summed E-state index contributed by atoms with van der Waals surface area (Å²) in [5, 5.41) is 14.4. The molecule has 1 saturated heterocycles. The molecule has 3 heteroatoms. The zero-order chi connectivity index (χ0) is 10.9. The van der Waals surface area contributed by atoms with Gasteiger partial charge in [0, 0.05) is 11.7 Å². The molecule has 3 nitrogen and oxygen atoms in total. The van der Waals surface area contributed by atoms with E-state index in [-0.39, 0.29) is 5.54 Å². The third kappa shape index (κ3) is 2.10. The topological polar surface area (TPSA) is 35.5 Å². The first-order valence-corrected chi connectivity index (χ1v) is 5.22. The lowest BCUT2D eigenvalue weighted by molar-refractivity contribution is -0.156. The van der Waals surface area contributed by atoms with E-state index in [1.165, 1.54) is 5.06 Å². The second-order valence-electron chi connectivity index (χ2n) is 4.94. The van der Waals surface area contributed by atoms with E-state index in [1.54, 1.807) is 0 Å². The Labute approximate surface area is 86.8 Å². The molecule has 1 fully saturated rings. The molecule has 82 valence electrons. The van der Waals surface area contributed by atoms with E-state index < -0.39 is 0 Å². The van der Waals surface area contributed by atoms with E-state index in [9.17, 15) is 5.21 Å². The minimum absolute atomic E-state index is 0.189. The number of nitrogens with one attached hydrogen (secondary N) is 1. The van der Waals surface area contributed by atoms with Crippen molar-refractivity contribution in [1.82, 2.24) is 10.4 Å². The highest BCUT2D eigenvalue weighted by Crippen LogP contribution is 2.36. The van der Waals surface area contributed by atoms with Gasteiger partial charge in [-0.2, -0.15) is 0 Å². The van der Waals surface area contributed by atoms with Crippen LogP contribution in [0.2, 0.25) is 0 Å². The van der Waals surface area contributed by atoms with Crippen molar-refractivity contribution < 1.29 is 5.21 Å². The molecule has 0 amide bonds. The minimum Gasteiger partial charge on any atom is -0.317 e. The number of piperidine rings is 1. The van der Waals surface area contributed by atoms with Gasteiger partial charge in [0.25, 0.3) is 0 Å². The van der Waals surface area contributed by atoms with Crippen molar-refractivity contribution in [3.05, 3.63) is 12.3 Å². The predicted molar refractivity (Wildman–Crippen MR) is 58.1 cm³/mol. The largest absolute Gasteiger partial charge is 0.317 e. The van der Waals surface area contributed by atoms with Crippen LogP contribution in [0.15, 0.2) is 12.3 Å². The second kappa shape index (κ2) is 3.91. The maximum Gasteiger partial charge on any atom is 0.0615 e. The normalized spacial score (nSPS) is 29.1. The lowest BCUT2D eigenvalue weighted by atomic mass is 9.79. The summed E-state index contributed by atoms with van der Waals surface area (Å²) in [5.74, 6) is 0.561. The number of hydroxylamine groups is 2. The van der Waals surface area contributed by atoms with Gasteiger partial charge in [-0.25, -0.2) is 0 Å². The van der Waals surface area contributed by atoms with Gasteiger partial charge in [-0.15, -0.1) is 0 Å². The van der Waals surface area contributed by atoms with Crippen LogP contribution < -0.4 is 5.32 Å². The van der Waals surface area contributed by atoms with Gasteiger partial charge in [-0.1, -0.05) is 6.58 Å². The Bertz CT molecular complexity index is 225. The van der Waals surface area contributed by atoms with Crippen molar-refractivity contribution in [3.8, 4) is 0 Å². The molecule has 2 N–H and O–H groups in total. The quantitative estimate of drug-likeness (QED) is 0.712. The van der Waals surface area contributed by atoms with Crippen molar-refractivity contribution in [2.24, 2.45) is 5.92 Å². The molecule has 0 aliphatic carbocycles. The summed E-state index contributed by atoms with van der Waals surface area (Å²) in [5.41, 5.74) is 0.638. The highest BCUT2D eigenvalue weighted by atomic mass is 16.5. The highest BCUT2D eigenvalue weighted by molar-refractivity contribution is 5.05. The van der Waals surface area contributed by atoms with Crippen LogP contribution in [0.5, 0.6) is 0 Å². The Morgan fingerprint density at radius 2 is 2.21 bits per heavy atom. The lowest BCUT2D eigenvalue weighted by Crippen LogP contribution is -2.49. The molecule has 1 heterocycles. The molecule has 1 aliphatic rings. The van der Waals surface area contributed by atoms with Crippen LogP contribution in [0.25, 0.3) is 0 Å². The van der Waals surface area contributed by atoms with Crippen LogP contribution in [0, 0.1) is 5.92 Å². The van der Waals surface area contributed by atoms with Crippen molar-refractivity contribution in [2.75, 3.05) is 7.05 Å². The van der Waals surface area contributed by atoms with Gasteiger partial charge < -0.3 is 5.32 Å². The van der Waals surface area contributed by atoms with Gasteiger partial charge in [-0.3, -0.25) is 10.3 Å². The molecule has 0 saturated carbocycles. The molecule has 0 radical (unpaired) electrons. The zero-order valence-corrected chi connectivity index (χ0v) is 9.67. The Morgan fingerprint density at radius 1 is 1.64 bits per heavy atom. The monoisotopic (exact) mass is 198 g/mol. The summed E-state index contributed by atoms with van der Waals surface area (Å²) in [6, 6.07) is 0.472. The average molecular weight is 198 g/mol. The Kier molecular flexibility index (Phi) is 3.22. The number of rotatable bonds is 2. The van der Waals surface area contributed by atoms with Crippen LogP contribution in [-0.2, 0) is 0 Å². The van der Waals surface area contributed by atoms with Crippen molar-refractivity contribution in [2.45, 2.75) is 45.2 Å². The third-order valence-electron chi connectivity index (χ3n) is 3.29. The standard InChI is InChI=1S/C11H22N2O/c1-8-6-10(9(2)12-5)7-11(3,4)13(8)14/h9-10,12,14H,1,6-7H2,2-5H3. The van der Waals surface area contributed by atoms with Gasteiger partial charge in [0.1, 0.15) is 0 Å². The van der Waals surface area contributed by atoms with Crippen LogP contribution in [0.4, 0.5) is 0 Å². The summed E-state index contributed by atoms with van der Waals surface area (Å²) in [6.45, 7) is 10.2. The fourth-order valence-electron chi connectivity index (χ4n) is 2.21. The number of allylic oxidation sites excluding steroid dienone is 1. The van der Waals surface area contributed by atoms with E-state index in [4.69, 9.17) is 0 Å². The molecule has 14 heavy (non-hydrogen) atoms. The SMILES string of the molecule is C=C1CC(C(C)NC)CC(C)(C)N1O. The van der Waals surface area contributed by atoms with E-state index >= 15 is 0 Å². The second-order valence-corrected chi connectivity index (χ2v) is 4.94. The molecular formula is C11H22N2O. The van der Waals surface area contributed by atoms with Gasteiger partial charge in [0.15, 0.2) is 0 Å². The summed E-state index contributed by atoms with van der Waals surface area (Å²) >= 11 is 0. The maximum absolute atomic E-state index is 9.79. The predicted octanol–water partition coefficient (Wildman–Crippen LogP) is 1.99. The number of nitrogens with zero attached hydrogens (tertiary/aromatic N) is 1. The van der Waals surface area contributed by atoms with Gasteiger partial charge in [-0.05, 0) is 46.6 Å². The maximum atomic E-state index is 9.79. The molecule has 2 unspecified atom stereocenters. The third-order valence-corrected chi connectivity index (χ3v) is 3.29. The van der Waals surface area contributed by atoms with Crippen LogP contribution >= 0.6 is 0 Å². The zero-order valence-electron chi connectivity index (χ0n) is 9.67. The van der Waals surface area contributed by atoms with Gasteiger partial charge in [0.2, 0.25) is 0 Å². The molecule has 1 aliphatic heterocycles. The van der Waals surface area contributed by atoms with E-state index in [0.29, 0.717) is 12.0 Å². The van der Waals surface area contributed by atoms with E-state index in [2.05, 4.69) is 18.8 Å². The van der Waals surface area contributed by atoms with Crippen molar-refractivity contribution in [1.29, 1.82) is 0 Å². The van der Waals surface area contributed by atoms with Gasteiger partial charge in [0.05, 0.1) is 5.54 Å². The van der Waals surface area contributed by atoms with E-state index in [0.717, 1.165) is 18.5 Å². The van der Waals surface area contributed by atoms with Crippen molar-refractivity contribution in [3.63, 3.8) is 0 Å². The average Bonchev–Trinajstić information content (AvgIpc) is 2.12. The molecule has 0 aromatic rings. The minimum atomic E-state index is -0.189. The molecule has 1 rings (SSSR count). The summed E-state index contributed by atoms with van der Waals surface area (Å²) in [4.78, 5) is 0. The van der Waals surface area contributed by atoms with Crippen LogP contribution in [0.1, 0.15) is 33.6 Å². The molecular weight excluding hydrogens is 176 g/mol. The number of hydrogen-bond donors (Lipinski definition) is 2. The first-order valence-electron chi connectivity index (χ1n) is 5.22. The molecule has 0 aromatic carbocycles. The van der Waals surface area contributed by atoms with Crippen molar-refractivity contribution >= 4 is 0 Å². The summed E-state index contributed by atoms with van der Waals surface area (Å²) < 4.78 is 0. The summed E-state index contributed by atoms with van der Waals surface area (Å²) in [7, 11) is 1.98. The van der Waals surface area contributed by atoms with E-state index in [1.807, 2.05) is 20.9 Å². The van der Waals surface area contributed by atoms with Crippen LogP contribution in [0.3, 0.4) is 0 Å². The Hall–Kier alpha value is -0.540. The van der Waals surface area contributed by atoms with Crippen LogP contribution in [-0.4, -0.2) is 28.9 Å². The number of hydrogen-bond acceptors (Lipinski definition) is 3. The Balaban J connectivity index is 2.73. The molecule has 0 aromatic heterocycles. The fourth-order valence-corrected chi connectivity index (χ4v) is 2.21. The Morgan fingerprint density at radius 3 is 2.64 bits per heavy atom. The lowest BCUT2D eigenvalue weighted by Gasteiger charge is -2.45.